The molecule has 0 fully saturated rings. The highest BCUT2D eigenvalue weighted by molar-refractivity contribution is 5.85. The van der Waals surface area contributed by atoms with Crippen molar-refractivity contribution in [3.05, 3.63) is 59.2 Å². The van der Waals surface area contributed by atoms with Crippen LogP contribution in [-0.4, -0.2) is 20.3 Å². The SMILES string of the molecule is COc1ccc(C[C@@H]2c3ccccc3C[C@@H]2N)cc1OC.Cl. The lowest BCUT2D eigenvalue weighted by Crippen LogP contribution is -2.26. The first kappa shape index (κ1) is 16.7. The van der Waals surface area contributed by atoms with Gasteiger partial charge in [0.25, 0.3) is 0 Å². The van der Waals surface area contributed by atoms with Gasteiger partial charge in [-0.2, -0.15) is 0 Å². The van der Waals surface area contributed by atoms with Gasteiger partial charge in [0.15, 0.2) is 11.5 Å². The molecule has 2 aromatic rings. The molecule has 4 heteroatoms. The van der Waals surface area contributed by atoms with Crippen LogP contribution in [0.2, 0.25) is 0 Å². The van der Waals surface area contributed by atoms with E-state index in [1.165, 1.54) is 16.7 Å². The summed E-state index contributed by atoms with van der Waals surface area (Å²) in [4.78, 5) is 0. The van der Waals surface area contributed by atoms with Crippen molar-refractivity contribution in [2.45, 2.75) is 24.8 Å². The number of hydrogen-bond acceptors (Lipinski definition) is 3. The van der Waals surface area contributed by atoms with Gasteiger partial charge < -0.3 is 15.2 Å². The standard InChI is InChI=1S/C18H21NO2.ClH/c1-20-17-8-7-12(10-18(17)21-2)9-15-14-6-4-3-5-13(14)11-16(15)19;/h3-8,10,15-16H,9,11,19H2,1-2H3;1H/t15-,16+;/m1./s1. The zero-order valence-corrected chi connectivity index (χ0v) is 13.7. The molecule has 0 saturated carbocycles. The van der Waals surface area contributed by atoms with E-state index in [2.05, 4.69) is 30.3 Å². The van der Waals surface area contributed by atoms with Crippen LogP contribution < -0.4 is 15.2 Å². The molecule has 0 bridgehead atoms. The summed E-state index contributed by atoms with van der Waals surface area (Å²) >= 11 is 0. The summed E-state index contributed by atoms with van der Waals surface area (Å²) in [5.41, 5.74) is 10.3. The molecule has 2 atom stereocenters. The van der Waals surface area contributed by atoms with Crippen LogP contribution in [0.1, 0.15) is 22.6 Å². The van der Waals surface area contributed by atoms with Gasteiger partial charge in [0.2, 0.25) is 0 Å². The average Bonchev–Trinajstić information content (AvgIpc) is 2.83. The zero-order chi connectivity index (χ0) is 14.8. The Morgan fingerprint density at radius 1 is 1.05 bits per heavy atom. The highest BCUT2D eigenvalue weighted by atomic mass is 35.5. The van der Waals surface area contributed by atoms with Gasteiger partial charge in [-0.25, -0.2) is 0 Å². The molecule has 22 heavy (non-hydrogen) atoms. The van der Waals surface area contributed by atoms with Crippen LogP contribution >= 0.6 is 12.4 Å². The topological polar surface area (TPSA) is 44.5 Å². The average molecular weight is 320 g/mol. The van der Waals surface area contributed by atoms with Gasteiger partial charge in [0.05, 0.1) is 14.2 Å². The molecule has 0 radical (unpaired) electrons. The number of nitrogens with two attached hydrogens (primary N) is 1. The fourth-order valence-corrected chi connectivity index (χ4v) is 3.23. The molecule has 0 aliphatic heterocycles. The lowest BCUT2D eigenvalue weighted by Gasteiger charge is -2.18. The van der Waals surface area contributed by atoms with Crippen molar-refractivity contribution in [1.29, 1.82) is 0 Å². The maximum atomic E-state index is 6.35. The quantitative estimate of drug-likeness (QED) is 0.940. The Hall–Kier alpha value is -1.71. The van der Waals surface area contributed by atoms with Crippen molar-refractivity contribution in [2.24, 2.45) is 5.73 Å². The van der Waals surface area contributed by atoms with E-state index < -0.39 is 0 Å². The van der Waals surface area contributed by atoms with Gasteiger partial charge in [0.1, 0.15) is 0 Å². The van der Waals surface area contributed by atoms with Gasteiger partial charge in [-0.05, 0) is 41.7 Å². The van der Waals surface area contributed by atoms with Crippen molar-refractivity contribution in [2.75, 3.05) is 14.2 Å². The second-order valence-corrected chi connectivity index (χ2v) is 5.57. The molecule has 2 aromatic carbocycles. The van der Waals surface area contributed by atoms with Crippen LogP contribution in [0.3, 0.4) is 0 Å². The molecule has 0 saturated heterocycles. The fourth-order valence-electron chi connectivity index (χ4n) is 3.23. The van der Waals surface area contributed by atoms with Gasteiger partial charge in [-0.1, -0.05) is 30.3 Å². The normalized spacial score (nSPS) is 19.2. The molecule has 0 aromatic heterocycles. The minimum Gasteiger partial charge on any atom is -0.493 e. The Labute approximate surface area is 137 Å². The van der Waals surface area contributed by atoms with E-state index in [0.717, 1.165) is 24.3 Å². The minimum absolute atomic E-state index is 0. The summed E-state index contributed by atoms with van der Waals surface area (Å²) < 4.78 is 10.7. The third-order valence-corrected chi connectivity index (χ3v) is 4.33. The van der Waals surface area contributed by atoms with Crippen molar-refractivity contribution >= 4 is 12.4 Å². The third-order valence-electron chi connectivity index (χ3n) is 4.33. The third kappa shape index (κ3) is 3.06. The molecule has 1 aliphatic rings. The highest BCUT2D eigenvalue weighted by Gasteiger charge is 2.29. The molecule has 2 N–H and O–H groups in total. The Morgan fingerprint density at radius 3 is 2.50 bits per heavy atom. The van der Waals surface area contributed by atoms with Gasteiger partial charge >= 0.3 is 0 Å². The summed E-state index contributed by atoms with van der Waals surface area (Å²) in [6, 6.07) is 14.9. The molecule has 0 spiro atoms. The molecular formula is C18H22ClNO2. The van der Waals surface area contributed by atoms with Crippen molar-refractivity contribution in [1.82, 2.24) is 0 Å². The summed E-state index contributed by atoms with van der Waals surface area (Å²) in [7, 11) is 3.32. The van der Waals surface area contributed by atoms with Gasteiger partial charge in [-0.15, -0.1) is 12.4 Å². The number of fused-ring (bicyclic) bond motifs is 1. The number of rotatable bonds is 4. The number of methoxy groups -OCH3 is 2. The van der Waals surface area contributed by atoms with Crippen molar-refractivity contribution in [3.8, 4) is 11.5 Å². The lowest BCUT2D eigenvalue weighted by molar-refractivity contribution is 0.354. The predicted octanol–water partition coefficient (Wildman–Crippen LogP) is 3.34. The maximum absolute atomic E-state index is 6.35. The van der Waals surface area contributed by atoms with Crippen molar-refractivity contribution < 1.29 is 9.47 Å². The van der Waals surface area contributed by atoms with Crippen LogP contribution in [0.25, 0.3) is 0 Å². The van der Waals surface area contributed by atoms with E-state index in [1.54, 1.807) is 14.2 Å². The Bertz CT molecular complexity index is 645. The van der Waals surface area contributed by atoms with Crippen LogP contribution in [0, 0.1) is 0 Å². The smallest absolute Gasteiger partial charge is 0.160 e. The number of halogens is 1. The monoisotopic (exact) mass is 319 g/mol. The fraction of sp³-hybridized carbons (Fsp3) is 0.333. The molecule has 0 unspecified atom stereocenters. The first-order chi connectivity index (χ1) is 10.2. The van der Waals surface area contributed by atoms with Crippen LogP contribution in [0.4, 0.5) is 0 Å². The van der Waals surface area contributed by atoms with E-state index in [0.29, 0.717) is 5.92 Å². The summed E-state index contributed by atoms with van der Waals surface area (Å²) in [5.74, 6) is 1.91. The molecule has 0 heterocycles. The molecule has 1 aliphatic carbocycles. The lowest BCUT2D eigenvalue weighted by atomic mass is 9.91. The van der Waals surface area contributed by atoms with Gasteiger partial charge in [-0.3, -0.25) is 0 Å². The molecule has 118 valence electrons. The van der Waals surface area contributed by atoms with Gasteiger partial charge in [0, 0.05) is 12.0 Å². The van der Waals surface area contributed by atoms with Crippen LogP contribution in [0.15, 0.2) is 42.5 Å². The Balaban J connectivity index is 0.00000176. The van der Waals surface area contributed by atoms with E-state index >= 15 is 0 Å². The summed E-state index contributed by atoms with van der Waals surface area (Å²) in [5, 5.41) is 0. The largest absolute Gasteiger partial charge is 0.493 e. The second-order valence-electron chi connectivity index (χ2n) is 5.57. The summed E-state index contributed by atoms with van der Waals surface area (Å²) in [6.07, 6.45) is 1.90. The maximum Gasteiger partial charge on any atom is 0.160 e. The number of hydrogen-bond donors (Lipinski definition) is 1. The van der Waals surface area contributed by atoms with E-state index in [4.69, 9.17) is 15.2 Å². The second kappa shape index (κ2) is 7.03. The van der Waals surface area contributed by atoms with Crippen LogP contribution in [0.5, 0.6) is 11.5 Å². The van der Waals surface area contributed by atoms with E-state index in [-0.39, 0.29) is 18.4 Å². The Morgan fingerprint density at radius 2 is 1.77 bits per heavy atom. The Kier molecular flexibility index (Phi) is 5.33. The summed E-state index contributed by atoms with van der Waals surface area (Å²) in [6.45, 7) is 0. The van der Waals surface area contributed by atoms with E-state index in [9.17, 15) is 0 Å². The van der Waals surface area contributed by atoms with Crippen molar-refractivity contribution in [3.63, 3.8) is 0 Å². The minimum atomic E-state index is 0. The highest BCUT2D eigenvalue weighted by Crippen LogP contribution is 2.36. The van der Waals surface area contributed by atoms with Crippen LogP contribution in [-0.2, 0) is 12.8 Å². The molecule has 3 nitrogen and oxygen atoms in total. The molecular weight excluding hydrogens is 298 g/mol. The van der Waals surface area contributed by atoms with E-state index in [1.807, 2.05) is 12.1 Å². The zero-order valence-electron chi connectivity index (χ0n) is 12.9. The first-order valence-corrected chi connectivity index (χ1v) is 7.27. The molecule has 3 rings (SSSR count). The number of ether oxygens (including phenoxy) is 2. The predicted molar refractivity (Wildman–Crippen MR) is 91.4 cm³/mol. The number of benzene rings is 2. The molecule has 0 amide bonds. The first-order valence-electron chi connectivity index (χ1n) is 7.27.